The molecule has 1 fully saturated rings. The molecule has 6 rings (SSSR count). The van der Waals surface area contributed by atoms with Crippen LogP contribution < -0.4 is 16.0 Å². The summed E-state index contributed by atoms with van der Waals surface area (Å²) < 4.78 is 9.04. The predicted octanol–water partition coefficient (Wildman–Crippen LogP) is 3.92. The molecule has 0 spiro atoms. The highest BCUT2D eigenvalue weighted by Gasteiger charge is 2.41. The van der Waals surface area contributed by atoms with Crippen LogP contribution >= 0.6 is 0 Å². The molecule has 0 atom stereocenters. The first-order valence-electron chi connectivity index (χ1n) is 11.5. The van der Waals surface area contributed by atoms with Crippen molar-refractivity contribution in [2.75, 3.05) is 12.8 Å². The number of pyridine rings is 1. The fraction of sp³-hybridized carbons (Fsp3) is 0.222. The third kappa shape index (κ3) is 3.37. The summed E-state index contributed by atoms with van der Waals surface area (Å²) in [5.41, 5.74) is 9.60. The lowest BCUT2D eigenvalue weighted by Gasteiger charge is -2.40. The van der Waals surface area contributed by atoms with Crippen molar-refractivity contribution < 1.29 is 9.84 Å². The van der Waals surface area contributed by atoms with E-state index in [1.807, 2.05) is 60.0 Å². The Morgan fingerprint density at radius 1 is 1.11 bits per heavy atom. The average molecular weight is 468 g/mol. The number of nitrogen functional groups attached to an aromatic ring is 1. The van der Waals surface area contributed by atoms with E-state index in [1.54, 1.807) is 17.9 Å². The Bertz CT molecular complexity index is 1650. The Hall–Kier alpha value is -4.17. The topological polar surface area (TPSA) is 108 Å². The molecule has 8 heteroatoms. The number of nitrogens with zero attached hydrogens (tertiary/aromatic N) is 4. The van der Waals surface area contributed by atoms with Gasteiger partial charge in [-0.25, -0.2) is 9.50 Å². The van der Waals surface area contributed by atoms with Gasteiger partial charge >= 0.3 is 0 Å². The van der Waals surface area contributed by atoms with E-state index in [0.29, 0.717) is 35.3 Å². The number of fused-ring (bicyclic) bond motifs is 2. The predicted molar refractivity (Wildman–Crippen MR) is 135 cm³/mol. The van der Waals surface area contributed by atoms with Crippen molar-refractivity contribution in [3.63, 3.8) is 0 Å². The number of ether oxygens (including phenoxy) is 1. The monoisotopic (exact) mass is 467 g/mol. The first-order chi connectivity index (χ1) is 16.9. The first-order valence-corrected chi connectivity index (χ1v) is 11.5. The maximum absolute atomic E-state index is 13.6. The molecule has 1 aliphatic carbocycles. The lowest BCUT2D eigenvalue weighted by atomic mass is 9.70. The molecule has 0 bridgehead atoms. The fourth-order valence-electron chi connectivity index (χ4n) is 5.24. The van der Waals surface area contributed by atoms with Crippen LogP contribution in [0.1, 0.15) is 31.4 Å². The van der Waals surface area contributed by atoms with E-state index < -0.39 is 5.60 Å². The van der Waals surface area contributed by atoms with Crippen LogP contribution in [0, 0.1) is 0 Å². The zero-order chi connectivity index (χ0) is 24.3. The zero-order valence-electron chi connectivity index (χ0n) is 19.5. The molecule has 0 unspecified atom stereocenters. The molecule has 8 nitrogen and oxygen atoms in total. The van der Waals surface area contributed by atoms with Crippen LogP contribution in [0.25, 0.3) is 33.1 Å². The molecule has 0 aliphatic heterocycles. The summed E-state index contributed by atoms with van der Waals surface area (Å²) in [4.78, 5) is 17.8. The van der Waals surface area contributed by atoms with Gasteiger partial charge in [0.05, 0.1) is 24.3 Å². The largest absolute Gasteiger partial charge is 0.495 e. The van der Waals surface area contributed by atoms with Crippen molar-refractivity contribution in [3.05, 3.63) is 83.2 Å². The molecule has 3 N–H and O–H groups in total. The quantitative estimate of drug-likeness (QED) is 0.415. The van der Waals surface area contributed by atoms with Crippen molar-refractivity contribution in [1.29, 1.82) is 0 Å². The zero-order valence-corrected chi connectivity index (χ0v) is 19.5. The number of para-hydroxylation sites is 1. The van der Waals surface area contributed by atoms with Gasteiger partial charge in [0.25, 0.3) is 5.56 Å². The van der Waals surface area contributed by atoms with Gasteiger partial charge in [-0.1, -0.05) is 24.3 Å². The second-order valence-electron chi connectivity index (χ2n) is 9.46. The van der Waals surface area contributed by atoms with E-state index in [2.05, 4.69) is 16.1 Å². The smallest absolute Gasteiger partial charge is 0.263 e. The Labute approximate surface area is 201 Å². The van der Waals surface area contributed by atoms with E-state index in [0.717, 1.165) is 27.9 Å². The van der Waals surface area contributed by atoms with Gasteiger partial charge < -0.3 is 15.6 Å². The number of aliphatic hydroxyl groups is 1. The third-order valence-corrected chi connectivity index (χ3v) is 6.95. The van der Waals surface area contributed by atoms with Crippen LogP contribution in [0.15, 0.2) is 71.9 Å². The SMILES string of the molecule is COc1cn(-c2ccccc2)c(=O)c2cc(-c3cc(C4CC(C)(O)C4)n4ncnc(N)c34)ccc12. The van der Waals surface area contributed by atoms with Gasteiger partial charge in [0.2, 0.25) is 0 Å². The minimum absolute atomic E-state index is 0.142. The Kier molecular flexibility index (Phi) is 4.69. The van der Waals surface area contributed by atoms with E-state index in [-0.39, 0.29) is 11.5 Å². The third-order valence-electron chi connectivity index (χ3n) is 6.95. The van der Waals surface area contributed by atoms with Gasteiger partial charge in [0.15, 0.2) is 5.82 Å². The van der Waals surface area contributed by atoms with Crippen molar-refractivity contribution in [2.45, 2.75) is 31.3 Å². The number of methoxy groups -OCH3 is 1. The van der Waals surface area contributed by atoms with Crippen LogP contribution in [0.5, 0.6) is 5.75 Å². The molecule has 1 saturated carbocycles. The summed E-state index contributed by atoms with van der Waals surface area (Å²) in [5.74, 6) is 1.13. The number of hydrogen-bond donors (Lipinski definition) is 2. The molecule has 35 heavy (non-hydrogen) atoms. The fourth-order valence-corrected chi connectivity index (χ4v) is 5.24. The van der Waals surface area contributed by atoms with Crippen LogP contribution in [-0.4, -0.2) is 37.0 Å². The summed E-state index contributed by atoms with van der Waals surface area (Å²) in [6, 6.07) is 17.3. The van der Waals surface area contributed by atoms with Crippen molar-refractivity contribution in [1.82, 2.24) is 19.2 Å². The number of aromatic nitrogens is 4. The molecule has 5 aromatic rings. The summed E-state index contributed by atoms with van der Waals surface area (Å²) >= 11 is 0. The molecule has 0 radical (unpaired) electrons. The minimum atomic E-state index is -0.671. The number of benzene rings is 2. The number of nitrogens with two attached hydrogens (primary N) is 1. The van der Waals surface area contributed by atoms with E-state index >= 15 is 0 Å². The summed E-state index contributed by atoms with van der Waals surface area (Å²) in [5, 5.41) is 16.0. The molecular weight excluding hydrogens is 442 g/mol. The Morgan fingerprint density at radius 2 is 1.89 bits per heavy atom. The molecule has 176 valence electrons. The van der Waals surface area contributed by atoms with Gasteiger partial charge in [-0.2, -0.15) is 5.10 Å². The molecule has 1 aliphatic rings. The van der Waals surface area contributed by atoms with Crippen molar-refractivity contribution in [2.24, 2.45) is 0 Å². The standard InChI is InChI=1S/C27H25N5O3/c1-27(34)12-17(13-27)22-11-20(24-25(28)29-15-30-32(22)24)16-8-9-19-21(10-16)26(33)31(14-23(19)35-2)18-6-4-3-5-7-18/h3-11,14-15,17,34H,12-13H2,1-2H3,(H2,28,29,30). The van der Waals surface area contributed by atoms with E-state index in [9.17, 15) is 9.90 Å². The number of anilines is 1. The molecule has 3 heterocycles. The lowest BCUT2D eigenvalue weighted by molar-refractivity contribution is -0.0326. The Balaban J connectivity index is 1.58. The van der Waals surface area contributed by atoms with E-state index in [1.165, 1.54) is 6.33 Å². The van der Waals surface area contributed by atoms with Gasteiger partial charge in [-0.05, 0) is 55.7 Å². The summed E-state index contributed by atoms with van der Waals surface area (Å²) in [6.45, 7) is 1.85. The molecule has 2 aromatic carbocycles. The molecule has 3 aromatic heterocycles. The maximum atomic E-state index is 13.6. The van der Waals surface area contributed by atoms with Crippen molar-refractivity contribution >= 4 is 22.1 Å². The molecule has 0 saturated heterocycles. The number of rotatable bonds is 4. The van der Waals surface area contributed by atoms with Crippen LogP contribution in [0.4, 0.5) is 5.82 Å². The minimum Gasteiger partial charge on any atom is -0.495 e. The van der Waals surface area contributed by atoms with Gasteiger partial charge in [0, 0.05) is 28.2 Å². The second kappa shape index (κ2) is 7.68. The van der Waals surface area contributed by atoms with Gasteiger partial charge in [0.1, 0.15) is 17.6 Å². The summed E-state index contributed by atoms with van der Waals surface area (Å²) in [7, 11) is 1.60. The van der Waals surface area contributed by atoms with Crippen LogP contribution in [0.2, 0.25) is 0 Å². The normalized spacial score (nSPS) is 19.7. The number of hydrogen-bond acceptors (Lipinski definition) is 6. The highest BCUT2D eigenvalue weighted by Crippen LogP contribution is 2.46. The Morgan fingerprint density at radius 3 is 2.60 bits per heavy atom. The average Bonchev–Trinajstić information content (AvgIpc) is 3.24. The highest BCUT2D eigenvalue weighted by atomic mass is 16.5. The van der Waals surface area contributed by atoms with Gasteiger partial charge in [-0.3, -0.25) is 9.36 Å². The van der Waals surface area contributed by atoms with Crippen molar-refractivity contribution in [3.8, 4) is 22.6 Å². The molecule has 0 amide bonds. The second-order valence-corrected chi connectivity index (χ2v) is 9.46. The maximum Gasteiger partial charge on any atom is 0.263 e. The van der Waals surface area contributed by atoms with Crippen LogP contribution in [-0.2, 0) is 0 Å². The molecular formula is C27H25N5O3. The van der Waals surface area contributed by atoms with E-state index in [4.69, 9.17) is 10.5 Å². The highest BCUT2D eigenvalue weighted by molar-refractivity contribution is 5.95. The van der Waals surface area contributed by atoms with Crippen LogP contribution in [0.3, 0.4) is 0 Å². The first kappa shape index (κ1) is 21.4. The van der Waals surface area contributed by atoms with Gasteiger partial charge in [-0.15, -0.1) is 0 Å². The summed E-state index contributed by atoms with van der Waals surface area (Å²) in [6.07, 6.45) is 4.47. The lowest BCUT2D eigenvalue weighted by Crippen LogP contribution is -2.39.